The second kappa shape index (κ2) is 8.48. The van der Waals surface area contributed by atoms with Crippen molar-refractivity contribution in [3.8, 4) is 5.75 Å². The van der Waals surface area contributed by atoms with Gasteiger partial charge in [0.05, 0.1) is 25.5 Å². The Labute approximate surface area is 151 Å². The van der Waals surface area contributed by atoms with E-state index in [9.17, 15) is 18.0 Å². The van der Waals surface area contributed by atoms with Crippen molar-refractivity contribution >= 4 is 27.4 Å². The number of esters is 1. The predicted octanol–water partition coefficient (Wildman–Crippen LogP) is 2.04. The van der Waals surface area contributed by atoms with Crippen LogP contribution in [0.15, 0.2) is 48.5 Å². The lowest BCUT2D eigenvalue weighted by atomic mass is 10.1. The largest absolute Gasteiger partial charge is 0.497 e. The molecule has 0 aliphatic heterocycles. The van der Waals surface area contributed by atoms with Gasteiger partial charge in [0.2, 0.25) is 5.91 Å². The summed E-state index contributed by atoms with van der Waals surface area (Å²) in [6.45, 7) is 0. The Kier molecular flexibility index (Phi) is 6.35. The Morgan fingerprint density at radius 3 is 2.12 bits per heavy atom. The second-order valence-electron chi connectivity index (χ2n) is 5.50. The molecule has 8 heteroatoms. The van der Waals surface area contributed by atoms with Crippen LogP contribution in [0.4, 0.5) is 5.69 Å². The number of rotatable bonds is 7. The topological polar surface area (TPSA) is 98.8 Å². The van der Waals surface area contributed by atoms with E-state index in [1.165, 1.54) is 38.5 Å². The van der Waals surface area contributed by atoms with Gasteiger partial charge in [0.1, 0.15) is 11.5 Å². The summed E-state index contributed by atoms with van der Waals surface area (Å²) < 4.78 is 34.0. The van der Waals surface area contributed by atoms with E-state index in [1.807, 2.05) is 0 Å². The maximum absolute atomic E-state index is 12.2. The van der Waals surface area contributed by atoms with Crippen molar-refractivity contribution in [3.63, 3.8) is 0 Å². The molecule has 0 unspecified atom stereocenters. The Hall–Kier alpha value is -2.87. The highest BCUT2D eigenvalue weighted by atomic mass is 32.2. The van der Waals surface area contributed by atoms with Gasteiger partial charge < -0.3 is 14.8 Å². The molecule has 2 aromatic rings. The zero-order valence-corrected chi connectivity index (χ0v) is 15.2. The molecule has 7 nitrogen and oxygen atoms in total. The van der Waals surface area contributed by atoms with Gasteiger partial charge in [-0.2, -0.15) is 0 Å². The van der Waals surface area contributed by atoms with E-state index < -0.39 is 27.5 Å². The smallest absolute Gasteiger partial charge is 0.337 e. The fraction of sp³-hybridized carbons (Fsp3) is 0.222. The third kappa shape index (κ3) is 5.59. The van der Waals surface area contributed by atoms with Crippen LogP contribution in [0.2, 0.25) is 0 Å². The Bertz CT molecular complexity index is 873. The molecule has 0 fully saturated rings. The minimum Gasteiger partial charge on any atom is -0.497 e. The van der Waals surface area contributed by atoms with E-state index in [0.717, 1.165) is 0 Å². The molecule has 138 valence electrons. The Morgan fingerprint density at radius 2 is 1.58 bits per heavy atom. The van der Waals surface area contributed by atoms with Crippen molar-refractivity contribution in [1.29, 1.82) is 0 Å². The number of hydrogen-bond donors (Lipinski definition) is 1. The molecule has 1 N–H and O–H groups in total. The van der Waals surface area contributed by atoms with Gasteiger partial charge in [-0.15, -0.1) is 0 Å². The van der Waals surface area contributed by atoms with E-state index in [4.69, 9.17) is 4.74 Å². The lowest BCUT2D eigenvalue weighted by Crippen LogP contribution is -2.24. The molecular formula is C18H19NO6S. The first-order valence-corrected chi connectivity index (χ1v) is 9.46. The number of anilines is 1. The first-order valence-electron chi connectivity index (χ1n) is 7.64. The highest BCUT2D eigenvalue weighted by Gasteiger charge is 2.18. The fourth-order valence-electron chi connectivity index (χ4n) is 2.23. The summed E-state index contributed by atoms with van der Waals surface area (Å²) in [4.78, 5) is 23.3. The summed E-state index contributed by atoms with van der Waals surface area (Å²) in [6, 6.07) is 12.6. The number of hydrogen-bond acceptors (Lipinski definition) is 6. The summed E-state index contributed by atoms with van der Waals surface area (Å²) in [6.07, 6.45) is 0. The van der Waals surface area contributed by atoms with Crippen LogP contribution < -0.4 is 10.1 Å². The molecule has 1 amide bonds. The molecule has 2 rings (SSSR count). The maximum atomic E-state index is 12.2. The second-order valence-corrected chi connectivity index (χ2v) is 7.56. The number of ether oxygens (including phenoxy) is 2. The first kappa shape index (κ1) is 19.5. The van der Waals surface area contributed by atoms with Crippen molar-refractivity contribution in [2.75, 3.05) is 25.3 Å². The van der Waals surface area contributed by atoms with Crippen molar-refractivity contribution in [3.05, 3.63) is 59.7 Å². The SMILES string of the molecule is COC(=O)c1ccc(CS(=O)(=O)CC(=O)Nc2ccc(OC)cc2)cc1. The van der Waals surface area contributed by atoms with Crippen LogP contribution in [-0.2, 0) is 25.1 Å². The number of sulfone groups is 1. The molecule has 0 spiro atoms. The minimum absolute atomic E-state index is 0.301. The van der Waals surface area contributed by atoms with Crippen LogP contribution in [0.25, 0.3) is 0 Å². The highest BCUT2D eigenvalue weighted by molar-refractivity contribution is 7.91. The van der Waals surface area contributed by atoms with Crippen molar-refractivity contribution in [2.45, 2.75) is 5.75 Å². The monoisotopic (exact) mass is 377 g/mol. The normalized spacial score (nSPS) is 10.8. The number of benzene rings is 2. The third-order valence-electron chi connectivity index (χ3n) is 3.49. The van der Waals surface area contributed by atoms with Crippen LogP contribution >= 0.6 is 0 Å². The van der Waals surface area contributed by atoms with Crippen LogP contribution in [-0.4, -0.2) is 40.3 Å². The average Bonchev–Trinajstić information content (AvgIpc) is 2.61. The van der Waals surface area contributed by atoms with Crippen molar-refractivity contribution in [2.24, 2.45) is 0 Å². The summed E-state index contributed by atoms with van der Waals surface area (Å²) in [5.41, 5.74) is 1.29. The van der Waals surface area contributed by atoms with Crippen LogP contribution in [0, 0.1) is 0 Å². The number of amides is 1. The molecule has 0 bridgehead atoms. The fourth-order valence-corrected chi connectivity index (χ4v) is 3.51. The lowest BCUT2D eigenvalue weighted by molar-refractivity contribution is -0.113. The van der Waals surface area contributed by atoms with Gasteiger partial charge in [0.15, 0.2) is 9.84 Å². The van der Waals surface area contributed by atoms with E-state index in [1.54, 1.807) is 24.3 Å². The summed E-state index contributed by atoms with van der Waals surface area (Å²) in [7, 11) is -0.867. The summed E-state index contributed by atoms with van der Waals surface area (Å²) in [5.74, 6) is -1.44. The molecule has 0 saturated heterocycles. The summed E-state index contributed by atoms with van der Waals surface area (Å²) in [5, 5.41) is 2.53. The van der Waals surface area contributed by atoms with Gasteiger partial charge in [-0.05, 0) is 42.0 Å². The van der Waals surface area contributed by atoms with Crippen molar-refractivity contribution < 1.29 is 27.5 Å². The van der Waals surface area contributed by atoms with Gasteiger partial charge in [-0.25, -0.2) is 13.2 Å². The molecule has 2 aromatic carbocycles. The molecule has 0 heterocycles. The van der Waals surface area contributed by atoms with Crippen LogP contribution in [0.1, 0.15) is 15.9 Å². The van der Waals surface area contributed by atoms with Gasteiger partial charge in [0.25, 0.3) is 0 Å². The molecule has 26 heavy (non-hydrogen) atoms. The summed E-state index contributed by atoms with van der Waals surface area (Å²) >= 11 is 0. The molecule has 0 saturated carbocycles. The van der Waals surface area contributed by atoms with Crippen molar-refractivity contribution in [1.82, 2.24) is 0 Å². The van der Waals surface area contributed by atoms with E-state index >= 15 is 0 Å². The molecule has 0 radical (unpaired) electrons. The number of nitrogens with one attached hydrogen (secondary N) is 1. The predicted molar refractivity (Wildman–Crippen MR) is 96.9 cm³/mol. The first-order chi connectivity index (χ1) is 12.3. The molecule has 0 aliphatic rings. The number of methoxy groups -OCH3 is 2. The number of carbonyl (C=O) groups is 2. The Morgan fingerprint density at radius 1 is 0.962 bits per heavy atom. The average molecular weight is 377 g/mol. The van der Waals surface area contributed by atoms with E-state index in [2.05, 4.69) is 10.1 Å². The maximum Gasteiger partial charge on any atom is 0.337 e. The van der Waals surface area contributed by atoms with Gasteiger partial charge in [0, 0.05) is 5.69 Å². The third-order valence-corrected chi connectivity index (χ3v) is 4.96. The van der Waals surface area contributed by atoms with Gasteiger partial charge >= 0.3 is 5.97 Å². The zero-order valence-electron chi connectivity index (χ0n) is 14.4. The van der Waals surface area contributed by atoms with E-state index in [0.29, 0.717) is 22.6 Å². The molecule has 0 atom stereocenters. The molecule has 0 aliphatic carbocycles. The lowest BCUT2D eigenvalue weighted by Gasteiger charge is -2.08. The van der Waals surface area contributed by atoms with Crippen LogP contribution in [0.3, 0.4) is 0 Å². The minimum atomic E-state index is -3.66. The van der Waals surface area contributed by atoms with Gasteiger partial charge in [-0.1, -0.05) is 12.1 Å². The van der Waals surface area contributed by atoms with E-state index in [-0.39, 0.29) is 5.75 Å². The molecular weight excluding hydrogens is 358 g/mol. The van der Waals surface area contributed by atoms with Crippen LogP contribution in [0.5, 0.6) is 5.75 Å². The zero-order chi connectivity index (χ0) is 19.2. The number of carbonyl (C=O) groups excluding carboxylic acids is 2. The quantitative estimate of drug-likeness (QED) is 0.742. The Balaban J connectivity index is 1.96. The van der Waals surface area contributed by atoms with Gasteiger partial charge in [-0.3, -0.25) is 4.79 Å². The molecule has 0 aromatic heterocycles. The standard InChI is InChI=1S/C18H19NO6S/c1-24-16-9-7-15(8-10-16)19-17(20)12-26(22,23)11-13-3-5-14(6-4-13)18(21)25-2/h3-10H,11-12H2,1-2H3,(H,19,20). The highest BCUT2D eigenvalue weighted by Crippen LogP contribution is 2.15.